The van der Waals surface area contributed by atoms with Crippen molar-refractivity contribution in [1.82, 2.24) is 0 Å². The lowest BCUT2D eigenvalue weighted by molar-refractivity contribution is -0.140. The van der Waals surface area contributed by atoms with Crippen LogP contribution in [0.2, 0.25) is 0 Å². The smallest absolute Gasteiger partial charge is 0.305 e. The molecule has 2 unspecified atom stereocenters. The second kappa shape index (κ2) is 24.9. The van der Waals surface area contributed by atoms with E-state index in [0.717, 1.165) is 6.42 Å². The molecule has 0 aliphatic heterocycles. The molecular formula is C19H34N2O2. The summed E-state index contributed by atoms with van der Waals surface area (Å²) in [6, 6.07) is 1.90. The van der Waals surface area contributed by atoms with Gasteiger partial charge in [0.15, 0.2) is 0 Å². The van der Waals surface area contributed by atoms with Crippen molar-refractivity contribution < 1.29 is 9.90 Å². The summed E-state index contributed by atoms with van der Waals surface area (Å²) in [6.45, 7) is 19.4. The molecule has 2 atom stereocenters. The van der Waals surface area contributed by atoms with Crippen LogP contribution in [0.5, 0.6) is 0 Å². The van der Waals surface area contributed by atoms with E-state index in [1.165, 1.54) is 6.92 Å². The number of carboxylic acids is 1. The summed E-state index contributed by atoms with van der Waals surface area (Å²) >= 11 is 0. The quantitative estimate of drug-likeness (QED) is 0.693. The number of hydrogen-bond donors (Lipinski definition) is 2. The van der Waals surface area contributed by atoms with Gasteiger partial charge in [-0.3, -0.25) is 4.79 Å². The molecule has 4 heteroatoms. The van der Waals surface area contributed by atoms with Crippen LogP contribution in [0.15, 0.2) is 50.1 Å². The third kappa shape index (κ3) is 45.0. The lowest BCUT2D eigenvalue weighted by atomic mass is 10.1. The van der Waals surface area contributed by atoms with Gasteiger partial charge in [0.1, 0.15) is 0 Å². The van der Waals surface area contributed by atoms with Gasteiger partial charge < -0.3 is 10.8 Å². The molecule has 0 aliphatic carbocycles. The van der Waals surface area contributed by atoms with Crippen LogP contribution >= 0.6 is 0 Å². The Kier molecular flexibility index (Phi) is 31.3. The van der Waals surface area contributed by atoms with E-state index < -0.39 is 5.97 Å². The van der Waals surface area contributed by atoms with E-state index in [1.807, 2.05) is 32.1 Å². The van der Waals surface area contributed by atoms with E-state index in [-0.39, 0.29) is 12.0 Å². The third-order valence-corrected chi connectivity index (χ3v) is 2.05. The molecule has 0 fully saturated rings. The lowest BCUT2D eigenvalue weighted by Crippen LogP contribution is -2.09. The van der Waals surface area contributed by atoms with E-state index >= 15 is 0 Å². The number of allylic oxidation sites excluding steroid dienone is 4. The average molecular weight is 322 g/mol. The van der Waals surface area contributed by atoms with Crippen LogP contribution in [0.3, 0.4) is 0 Å². The van der Waals surface area contributed by atoms with Crippen molar-refractivity contribution in [3.05, 3.63) is 50.1 Å². The number of nitrogens with zero attached hydrogens (tertiary/aromatic N) is 1. The Hall–Kier alpha value is -2.12. The molecule has 0 bridgehead atoms. The summed E-state index contributed by atoms with van der Waals surface area (Å²) in [6.07, 6.45) is 10.7. The molecule has 0 saturated heterocycles. The molecule has 0 aromatic carbocycles. The second-order valence-corrected chi connectivity index (χ2v) is 4.76. The third-order valence-electron chi connectivity index (χ3n) is 2.05. The zero-order valence-electron chi connectivity index (χ0n) is 15.3. The summed E-state index contributed by atoms with van der Waals surface area (Å²) < 4.78 is 0. The zero-order valence-corrected chi connectivity index (χ0v) is 15.3. The van der Waals surface area contributed by atoms with Gasteiger partial charge >= 0.3 is 5.97 Å². The molecule has 0 heterocycles. The van der Waals surface area contributed by atoms with Crippen LogP contribution in [0, 0.1) is 23.2 Å². The van der Waals surface area contributed by atoms with Crippen molar-refractivity contribution >= 4 is 5.97 Å². The molecule has 23 heavy (non-hydrogen) atoms. The monoisotopic (exact) mass is 322 g/mol. The van der Waals surface area contributed by atoms with Crippen LogP contribution in [-0.2, 0) is 4.79 Å². The summed E-state index contributed by atoms with van der Waals surface area (Å²) in [4.78, 5) is 9.70. The zero-order chi connectivity index (χ0) is 19.3. The molecule has 0 rings (SSSR count). The molecule has 0 amide bonds. The molecule has 0 aromatic rings. The Morgan fingerprint density at radius 3 is 1.74 bits per heavy atom. The first-order valence-electron chi connectivity index (χ1n) is 7.46. The number of carbonyl (C=O) groups is 1. The number of nitriles is 1. The lowest BCUT2D eigenvalue weighted by Gasteiger charge is -1.99. The van der Waals surface area contributed by atoms with Gasteiger partial charge in [-0.05, 0) is 26.2 Å². The highest BCUT2D eigenvalue weighted by molar-refractivity contribution is 5.68. The van der Waals surface area contributed by atoms with Crippen molar-refractivity contribution in [3.63, 3.8) is 0 Å². The number of rotatable bonds is 6. The predicted octanol–water partition coefficient (Wildman–Crippen LogP) is 4.72. The minimum atomic E-state index is -0.741. The van der Waals surface area contributed by atoms with Crippen LogP contribution in [0.4, 0.5) is 0 Å². The van der Waals surface area contributed by atoms with Crippen LogP contribution < -0.4 is 5.73 Å². The minimum Gasteiger partial charge on any atom is -0.481 e. The molecule has 4 nitrogen and oxygen atoms in total. The van der Waals surface area contributed by atoms with Gasteiger partial charge in [0.25, 0.3) is 0 Å². The Labute approximate surface area is 142 Å². The Balaban J connectivity index is -0.000000113. The van der Waals surface area contributed by atoms with E-state index in [9.17, 15) is 4.79 Å². The molecule has 0 aromatic heterocycles. The number of aliphatic carboxylic acids is 1. The van der Waals surface area contributed by atoms with E-state index in [2.05, 4.69) is 25.8 Å². The SMILES string of the molecule is C=CC(C)N.C=CCC(C=C)/C=C/C.CC#N.CC(C)C(=O)O. The molecule has 132 valence electrons. The summed E-state index contributed by atoms with van der Waals surface area (Å²) in [7, 11) is 0. The second-order valence-electron chi connectivity index (χ2n) is 4.76. The van der Waals surface area contributed by atoms with Gasteiger partial charge in [0.05, 0.1) is 12.0 Å². The van der Waals surface area contributed by atoms with Crippen LogP contribution in [0.25, 0.3) is 0 Å². The van der Waals surface area contributed by atoms with Crippen molar-refractivity contribution in [1.29, 1.82) is 5.26 Å². The largest absolute Gasteiger partial charge is 0.481 e. The van der Waals surface area contributed by atoms with E-state index in [4.69, 9.17) is 16.1 Å². The Bertz CT molecular complexity index is 364. The fraction of sp³-hybridized carbons (Fsp3) is 0.474. The Morgan fingerprint density at radius 2 is 1.61 bits per heavy atom. The summed E-state index contributed by atoms with van der Waals surface area (Å²) in [5, 5.41) is 15.3. The molecule has 0 saturated carbocycles. The number of nitrogens with two attached hydrogens (primary N) is 1. The first-order valence-corrected chi connectivity index (χ1v) is 7.46. The fourth-order valence-corrected chi connectivity index (χ4v) is 0.693. The molecule has 3 N–H and O–H groups in total. The van der Waals surface area contributed by atoms with E-state index in [0.29, 0.717) is 5.92 Å². The Morgan fingerprint density at radius 1 is 1.26 bits per heavy atom. The first-order chi connectivity index (χ1) is 10.7. The van der Waals surface area contributed by atoms with Crippen molar-refractivity contribution in [3.8, 4) is 6.07 Å². The molecule has 0 aliphatic rings. The standard InChI is InChI=1S/C9H14.C4H9N.C4H8O2.C2H3N/c1-4-7-9(6-3)8-5-2;1-3-4(2)5;1-3(2)4(5)6;1-2-3/h4-6,8-9H,1,3,7H2,2H3;3-4H,1,5H2,2H3;3H,1-2H3,(H,5,6);1H3/b8-5+;;;. The van der Waals surface area contributed by atoms with Crippen molar-refractivity contribution in [2.45, 2.75) is 47.1 Å². The molecule has 0 spiro atoms. The average Bonchev–Trinajstić information content (AvgIpc) is 2.48. The van der Waals surface area contributed by atoms with Crippen molar-refractivity contribution in [2.24, 2.45) is 17.6 Å². The van der Waals surface area contributed by atoms with Gasteiger partial charge in [-0.1, -0.05) is 44.2 Å². The van der Waals surface area contributed by atoms with Gasteiger partial charge in [-0.15, -0.1) is 19.7 Å². The van der Waals surface area contributed by atoms with Crippen LogP contribution in [-0.4, -0.2) is 17.1 Å². The highest BCUT2D eigenvalue weighted by Gasteiger charge is 1.99. The van der Waals surface area contributed by atoms with E-state index in [1.54, 1.807) is 26.0 Å². The van der Waals surface area contributed by atoms with Crippen LogP contribution in [0.1, 0.15) is 41.0 Å². The first kappa shape index (κ1) is 29.0. The molecular weight excluding hydrogens is 288 g/mol. The molecule has 0 radical (unpaired) electrons. The number of hydrogen-bond acceptors (Lipinski definition) is 3. The maximum atomic E-state index is 9.70. The fourth-order valence-electron chi connectivity index (χ4n) is 0.693. The topological polar surface area (TPSA) is 87.1 Å². The predicted molar refractivity (Wildman–Crippen MR) is 101 cm³/mol. The minimum absolute atomic E-state index is 0.148. The maximum absolute atomic E-state index is 9.70. The normalized spacial score (nSPS) is 11.0. The van der Waals surface area contributed by atoms with Gasteiger partial charge in [0.2, 0.25) is 0 Å². The summed E-state index contributed by atoms with van der Waals surface area (Å²) in [5.74, 6) is -0.493. The summed E-state index contributed by atoms with van der Waals surface area (Å²) in [5.41, 5.74) is 5.17. The van der Waals surface area contributed by atoms with Crippen molar-refractivity contribution in [2.75, 3.05) is 0 Å². The number of carboxylic acid groups (broad SMARTS) is 1. The highest BCUT2D eigenvalue weighted by Crippen LogP contribution is 2.05. The highest BCUT2D eigenvalue weighted by atomic mass is 16.4. The van der Waals surface area contributed by atoms with Gasteiger partial charge in [-0.25, -0.2) is 0 Å². The maximum Gasteiger partial charge on any atom is 0.305 e. The van der Waals surface area contributed by atoms with Gasteiger partial charge in [-0.2, -0.15) is 5.26 Å². The van der Waals surface area contributed by atoms with Gasteiger partial charge in [0, 0.05) is 13.0 Å².